The van der Waals surface area contributed by atoms with E-state index < -0.39 is 5.97 Å². The van der Waals surface area contributed by atoms with E-state index in [0.29, 0.717) is 10.9 Å². The van der Waals surface area contributed by atoms with E-state index in [1.165, 1.54) is 0 Å². The maximum atomic E-state index is 10.8. The Morgan fingerprint density at radius 3 is 2.60 bits per heavy atom. The van der Waals surface area contributed by atoms with E-state index in [-0.39, 0.29) is 23.9 Å². The summed E-state index contributed by atoms with van der Waals surface area (Å²) in [5.41, 5.74) is 0.540. The Morgan fingerprint density at radius 1 is 1.27 bits per heavy atom. The Labute approximate surface area is 91.6 Å². The predicted octanol–water partition coefficient (Wildman–Crippen LogP) is 2.06. The van der Waals surface area contributed by atoms with Gasteiger partial charge in [0.1, 0.15) is 0 Å². The van der Waals surface area contributed by atoms with Crippen molar-refractivity contribution in [3.63, 3.8) is 0 Å². The first kappa shape index (κ1) is 11.3. The van der Waals surface area contributed by atoms with Gasteiger partial charge in [-0.3, -0.25) is 0 Å². The fourth-order valence-electron chi connectivity index (χ4n) is 1.34. The van der Waals surface area contributed by atoms with Gasteiger partial charge in [0, 0.05) is 11.5 Å². The fourth-order valence-corrected chi connectivity index (χ4v) is 1.34. The monoisotopic (exact) mass is 225 g/mol. The average Bonchev–Trinajstić information content (AvgIpc) is 2.16. The van der Waals surface area contributed by atoms with E-state index in [4.69, 9.17) is 5.11 Å². The molecule has 0 aliphatic rings. The van der Waals surface area contributed by atoms with Crippen molar-refractivity contribution in [1.82, 2.24) is 4.98 Å². The van der Waals surface area contributed by atoms with Crippen molar-refractivity contribution in [2.45, 2.75) is 0 Å². The molecule has 0 fully saturated rings. The molecule has 4 nitrogen and oxygen atoms in total. The highest BCUT2D eigenvalue weighted by Gasteiger charge is 2.10. The first-order chi connectivity index (χ1) is 6.68. The fraction of sp³-hybridized carbons (Fsp3) is 0. The van der Waals surface area contributed by atoms with Gasteiger partial charge in [-0.25, -0.2) is 9.78 Å². The minimum atomic E-state index is -1.07. The van der Waals surface area contributed by atoms with Crippen molar-refractivity contribution in [3.05, 3.63) is 35.9 Å². The van der Waals surface area contributed by atoms with E-state index >= 15 is 0 Å². The lowest BCUT2D eigenvalue weighted by atomic mass is 10.1. The zero-order valence-corrected chi connectivity index (χ0v) is 8.36. The first-order valence-electron chi connectivity index (χ1n) is 4.00. The third-order valence-corrected chi connectivity index (χ3v) is 1.93. The number of rotatable bonds is 1. The molecule has 0 saturated carbocycles. The smallest absolute Gasteiger partial charge is 0.336 e. The second-order valence-corrected chi connectivity index (χ2v) is 2.85. The molecule has 15 heavy (non-hydrogen) atoms. The summed E-state index contributed by atoms with van der Waals surface area (Å²) >= 11 is 0. The Hall–Kier alpha value is -1.81. The third kappa shape index (κ3) is 1.99. The van der Waals surface area contributed by atoms with E-state index in [1.54, 1.807) is 24.3 Å². The van der Waals surface area contributed by atoms with Crippen LogP contribution in [0.2, 0.25) is 0 Å². The summed E-state index contributed by atoms with van der Waals surface area (Å²) in [7, 11) is 0. The number of para-hydroxylation sites is 1. The molecule has 1 heterocycles. The lowest BCUT2D eigenvalue weighted by Gasteiger charge is -2.01. The number of aromatic carboxylic acids is 1. The van der Waals surface area contributed by atoms with Gasteiger partial charge in [0.05, 0.1) is 11.1 Å². The number of halogens is 1. The molecule has 0 aliphatic carbocycles. The van der Waals surface area contributed by atoms with Crippen molar-refractivity contribution >= 4 is 29.3 Å². The van der Waals surface area contributed by atoms with E-state index in [0.717, 1.165) is 6.07 Å². The lowest BCUT2D eigenvalue weighted by molar-refractivity contribution is 0.0698. The standard InChI is InChI=1S/C10H7NO3.ClH/c12-9-5-7(10(13)14)6-3-1-2-4-8(6)11-9;/h1-5H,(H,11,12)(H,13,14);1H. The van der Waals surface area contributed by atoms with Crippen LogP contribution in [-0.4, -0.2) is 21.2 Å². The van der Waals surface area contributed by atoms with Gasteiger partial charge in [-0.05, 0) is 6.07 Å². The van der Waals surface area contributed by atoms with Crippen molar-refractivity contribution in [2.75, 3.05) is 0 Å². The molecule has 0 spiro atoms. The van der Waals surface area contributed by atoms with Crippen LogP contribution in [0.5, 0.6) is 5.88 Å². The number of carbonyl (C=O) groups is 1. The van der Waals surface area contributed by atoms with Crippen molar-refractivity contribution in [1.29, 1.82) is 0 Å². The van der Waals surface area contributed by atoms with Gasteiger partial charge >= 0.3 is 5.97 Å². The Kier molecular flexibility index (Phi) is 3.11. The zero-order valence-electron chi connectivity index (χ0n) is 7.54. The van der Waals surface area contributed by atoms with Gasteiger partial charge in [0.15, 0.2) is 0 Å². The number of aromatic hydroxyl groups is 1. The molecule has 78 valence electrons. The highest BCUT2D eigenvalue weighted by molar-refractivity contribution is 6.02. The highest BCUT2D eigenvalue weighted by atomic mass is 35.5. The normalized spacial score (nSPS) is 9.60. The molecule has 1 aromatic carbocycles. The number of benzene rings is 1. The molecule has 2 aromatic rings. The first-order valence-corrected chi connectivity index (χ1v) is 4.00. The molecule has 0 radical (unpaired) electrons. The van der Waals surface area contributed by atoms with Crippen molar-refractivity contribution in [3.8, 4) is 5.88 Å². The number of nitrogens with zero attached hydrogens (tertiary/aromatic N) is 1. The molecule has 5 heteroatoms. The van der Waals surface area contributed by atoms with Gasteiger partial charge in [-0.2, -0.15) is 0 Å². The summed E-state index contributed by atoms with van der Waals surface area (Å²) in [6, 6.07) is 7.92. The largest absolute Gasteiger partial charge is 0.493 e. The van der Waals surface area contributed by atoms with Crippen molar-refractivity contribution < 1.29 is 15.0 Å². The van der Waals surface area contributed by atoms with Crippen LogP contribution < -0.4 is 0 Å². The Morgan fingerprint density at radius 2 is 1.93 bits per heavy atom. The summed E-state index contributed by atoms with van der Waals surface area (Å²) in [5, 5.41) is 18.6. The van der Waals surface area contributed by atoms with Crippen LogP contribution in [0.25, 0.3) is 10.9 Å². The van der Waals surface area contributed by atoms with Crippen LogP contribution in [0.3, 0.4) is 0 Å². The van der Waals surface area contributed by atoms with E-state index in [2.05, 4.69) is 4.98 Å². The summed E-state index contributed by atoms with van der Waals surface area (Å²) < 4.78 is 0. The number of pyridine rings is 1. The molecule has 2 rings (SSSR count). The van der Waals surface area contributed by atoms with Gasteiger partial charge in [0.25, 0.3) is 0 Å². The minimum absolute atomic E-state index is 0. The van der Waals surface area contributed by atoms with Crippen LogP contribution in [0, 0.1) is 0 Å². The van der Waals surface area contributed by atoms with Crippen LogP contribution in [-0.2, 0) is 0 Å². The maximum Gasteiger partial charge on any atom is 0.336 e. The SMILES string of the molecule is Cl.O=C(O)c1cc(O)nc2ccccc12. The average molecular weight is 226 g/mol. The third-order valence-electron chi connectivity index (χ3n) is 1.93. The molecule has 0 unspecified atom stereocenters. The van der Waals surface area contributed by atoms with Crippen LogP contribution in [0.1, 0.15) is 10.4 Å². The number of hydrogen-bond donors (Lipinski definition) is 2. The summed E-state index contributed by atoms with van der Waals surface area (Å²) in [4.78, 5) is 14.6. The topological polar surface area (TPSA) is 70.4 Å². The molecular weight excluding hydrogens is 218 g/mol. The molecule has 0 saturated heterocycles. The number of hydrogen-bond acceptors (Lipinski definition) is 3. The quantitative estimate of drug-likeness (QED) is 0.779. The van der Waals surface area contributed by atoms with Gasteiger partial charge in [-0.1, -0.05) is 18.2 Å². The summed E-state index contributed by atoms with van der Waals surface area (Å²) in [6.07, 6.45) is 0. The molecule has 0 amide bonds. The molecule has 0 atom stereocenters. The molecular formula is C10H8ClNO3. The summed E-state index contributed by atoms with van der Waals surface area (Å²) in [6.45, 7) is 0. The number of carboxylic acid groups (broad SMARTS) is 1. The number of carboxylic acids is 1. The van der Waals surface area contributed by atoms with Gasteiger partial charge < -0.3 is 10.2 Å². The van der Waals surface area contributed by atoms with Crippen molar-refractivity contribution in [2.24, 2.45) is 0 Å². The predicted molar refractivity (Wildman–Crippen MR) is 57.6 cm³/mol. The van der Waals surface area contributed by atoms with Gasteiger partial charge in [0.2, 0.25) is 5.88 Å². The van der Waals surface area contributed by atoms with E-state index in [9.17, 15) is 9.90 Å². The van der Waals surface area contributed by atoms with Crippen LogP contribution >= 0.6 is 12.4 Å². The van der Waals surface area contributed by atoms with Crippen LogP contribution in [0.4, 0.5) is 0 Å². The second kappa shape index (κ2) is 4.14. The Balaban J connectivity index is 0.00000112. The van der Waals surface area contributed by atoms with E-state index in [1.807, 2.05) is 0 Å². The lowest BCUT2D eigenvalue weighted by Crippen LogP contribution is -1.98. The highest BCUT2D eigenvalue weighted by Crippen LogP contribution is 2.20. The number of aromatic nitrogens is 1. The number of fused-ring (bicyclic) bond motifs is 1. The minimum Gasteiger partial charge on any atom is -0.493 e. The van der Waals surface area contributed by atoms with Gasteiger partial charge in [-0.15, -0.1) is 12.4 Å². The molecule has 1 aromatic heterocycles. The summed E-state index contributed by atoms with van der Waals surface area (Å²) in [5.74, 6) is -1.35. The zero-order chi connectivity index (χ0) is 10.1. The van der Waals surface area contributed by atoms with Crippen LogP contribution in [0.15, 0.2) is 30.3 Å². The Bertz CT molecular complexity index is 513. The molecule has 0 bridgehead atoms. The molecule has 0 aliphatic heterocycles. The maximum absolute atomic E-state index is 10.8. The molecule has 2 N–H and O–H groups in total. The second-order valence-electron chi connectivity index (χ2n) is 2.85.